The van der Waals surface area contributed by atoms with E-state index in [1.165, 1.54) is 0 Å². The maximum atomic E-state index is 11.2. The molecule has 1 aromatic carbocycles. The molecular weight excluding hydrogens is 272 g/mol. The summed E-state index contributed by atoms with van der Waals surface area (Å²) in [6.07, 6.45) is 0. The van der Waals surface area contributed by atoms with Gasteiger partial charge in [0.05, 0.1) is 6.04 Å². The Labute approximate surface area is 102 Å². The normalized spacial score (nSPS) is 20.2. The van der Waals surface area contributed by atoms with Gasteiger partial charge in [-0.25, -0.2) is 0 Å². The van der Waals surface area contributed by atoms with Crippen molar-refractivity contribution in [1.82, 2.24) is 10.6 Å². The Hall–Kier alpha value is -1.36. The fourth-order valence-corrected chi connectivity index (χ4v) is 2.10. The molecule has 4 nitrogen and oxygen atoms in total. The predicted octanol–water partition coefficient (Wildman–Crippen LogP) is 1.04. The second-order valence-electron chi connectivity index (χ2n) is 3.74. The van der Waals surface area contributed by atoms with Crippen molar-refractivity contribution in [3.8, 4) is 0 Å². The Kier molecular flexibility index (Phi) is 2.96. The molecule has 1 unspecified atom stereocenters. The third-order valence-corrected chi connectivity index (χ3v) is 3.09. The number of benzene rings is 1. The van der Waals surface area contributed by atoms with E-state index in [9.17, 15) is 9.59 Å². The van der Waals surface area contributed by atoms with Gasteiger partial charge in [0, 0.05) is 11.0 Å². The molecule has 0 aromatic heterocycles. The first kappa shape index (κ1) is 11.1. The average Bonchev–Trinajstić information content (AvgIpc) is 2.26. The lowest BCUT2D eigenvalue weighted by atomic mass is 10.00. The van der Waals surface area contributed by atoms with Crippen molar-refractivity contribution in [2.45, 2.75) is 13.0 Å². The molecule has 5 heteroatoms. The maximum absolute atomic E-state index is 11.2. The molecule has 2 rings (SSSR count). The van der Waals surface area contributed by atoms with Gasteiger partial charge in [0.1, 0.15) is 0 Å². The van der Waals surface area contributed by atoms with Crippen LogP contribution in [0.3, 0.4) is 0 Å². The van der Waals surface area contributed by atoms with Crippen molar-refractivity contribution < 1.29 is 9.59 Å². The number of hydrogen-bond acceptors (Lipinski definition) is 2. The summed E-state index contributed by atoms with van der Waals surface area (Å²) in [4.78, 5) is 22.2. The number of rotatable bonds is 1. The molecule has 16 heavy (non-hydrogen) atoms. The Morgan fingerprint density at radius 1 is 1.31 bits per heavy atom. The van der Waals surface area contributed by atoms with Crippen molar-refractivity contribution >= 4 is 27.7 Å². The van der Waals surface area contributed by atoms with Crippen LogP contribution in [0.1, 0.15) is 17.2 Å². The van der Waals surface area contributed by atoms with E-state index in [4.69, 9.17) is 0 Å². The number of nitrogens with one attached hydrogen (secondary N) is 2. The number of carbonyl (C=O) groups excluding carboxylic acids is 2. The van der Waals surface area contributed by atoms with Gasteiger partial charge in [-0.15, -0.1) is 0 Å². The first-order valence-electron chi connectivity index (χ1n) is 4.92. The first-order chi connectivity index (χ1) is 7.58. The molecule has 0 bridgehead atoms. The predicted molar refractivity (Wildman–Crippen MR) is 62.8 cm³/mol. The molecule has 1 heterocycles. The summed E-state index contributed by atoms with van der Waals surface area (Å²) >= 11 is 3.39. The summed E-state index contributed by atoms with van der Waals surface area (Å²) in [5, 5.41) is 5.24. The Morgan fingerprint density at radius 2 is 2.06 bits per heavy atom. The molecule has 2 N–H and O–H groups in total. The summed E-state index contributed by atoms with van der Waals surface area (Å²) in [5.74, 6) is -1.14. The number of piperazine rings is 1. The van der Waals surface area contributed by atoms with Crippen LogP contribution in [0.2, 0.25) is 0 Å². The molecule has 1 aliphatic heterocycles. The van der Waals surface area contributed by atoms with Crippen LogP contribution in [-0.4, -0.2) is 18.4 Å². The van der Waals surface area contributed by atoms with Gasteiger partial charge in [-0.1, -0.05) is 22.0 Å². The largest absolute Gasteiger partial charge is 0.345 e. The standard InChI is InChI=1S/C11H11BrN2O2/c1-6-2-3-7(12)4-8(6)9-5-13-10(15)11(16)14-9/h2-4,9H,5H2,1H3,(H,13,15)(H,14,16). The van der Waals surface area contributed by atoms with E-state index >= 15 is 0 Å². The van der Waals surface area contributed by atoms with Gasteiger partial charge in [0.2, 0.25) is 0 Å². The van der Waals surface area contributed by atoms with Crippen molar-refractivity contribution in [2.24, 2.45) is 0 Å². The summed E-state index contributed by atoms with van der Waals surface area (Å²) in [6.45, 7) is 2.41. The molecular formula is C11H11BrN2O2. The van der Waals surface area contributed by atoms with E-state index in [-0.39, 0.29) is 6.04 Å². The van der Waals surface area contributed by atoms with Crippen LogP contribution in [0.25, 0.3) is 0 Å². The van der Waals surface area contributed by atoms with Crippen LogP contribution in [-0.2, 0) is 9.59 Å². The highest BCUT2D eigenvalue weighted by Crippen LogP contribution is 2.22. The van der Waals surface area contributed by atoms with Crippen LogP contribution >= 0.6 is 15.9 Å². The van der Waals surface area contributed by atoms with Crippen molar-refractivity contribution in [1.29, 1.82) is 0 Å². The lowest BCUT2D eigenvalue weighted by molar-refractivity contribution is -0.141. The third-order valence-electron chi connectivity index (χ3n) is 2.59. The molecule has 1 aromatic rings. The van der Waals surface area contributed by atoms with E-state index in [1.807, 2.05) is 25.1 Å². The smallest absolute Gasteiger partial charge is 0.309 e. The molecule has 0 radical (unpaired) electrons. The van der Waals surface area contributed by atoms with Crippen LogP contribution < -0.4 is 10.6 Å². The maximum Gasteiger partial charge on any atom is 0.309 e. The number of aryl methyl sites for hydroxylation is 1. The molecule has 84 valence electrons. The molecule has 1 saturated heterocycles. The fourth-order valence-electron chi connectivity index (χ4n) is 1.72. The molecule has 1 atom stereocenters. The SMILES string of the molecule is Cc1ccc(Br)cc1C1CNC(=O)C(=O)N1. The second kappa shape index (κ2) is 4.25. The zero-order chi connectivity index (χ0) is 11.7. The highest BCUT2D eigenvalue weighted by molar-refractivity contribution is 9.10. The van der Waals surface area contributed by atoms with Gasteiger partial charge in [-0.3, -0.25) is 9.59 Å². The molecule has 0 aliphatic carbocycles. The molecule has 2 amide bonds. The van der Waals surface area contributed by atoms with Crippen LogP contribution in [0, 0.1) is 6.92 Å². The first-order valence-corrected chi connectivity index (χ1v) is 5.72. The quantitative estimate of drug-likeness (QED) is 0.757. The summed E-state index contributed by atoms with van der Waals surface area (Å²) < 4.78 is 0.958. The average molecular weight is 283 g/mol. The zero-order valence-corrected chi connectivity index (χ0v) is 10.3. The molecule has 1 aliphatic rings. The van der Waals surface area contributed by atoms with E-state index in [0.717, 1.165) is 15.6 Å². The number of halogens is 1. The lowest BCUT2D eigenvalue weighted by Crippen LogP contribution is -2.51. The Morgan fingerprint density at radius 3 is 2.75 bits per heavy atom. The van der Waals surface area contributed by atoms with E-state index in [2.05, 4.69) is 26.6 Å². The monoisotopic (exact) mass is 282 g/mol. The lowest BCUT2D eigenvalue weighted by Gasteiger charge is -2.25. The number of carbonyl (C=O) groups is 2. The highest BCUT2D eigenvalue weighted by atomic mass is 79.9. The van der Waals surface area contributed by atoms with Gasteiger partial charge >= 0.3 is 11.8 Å². The van der Waals surface area contributed by atoms with Gasteiger partial charge in [-0.05, 0) is 30.2 Å². The minimum absolute atomic E-state index is 0.150. The zero-order valence-electron chi connectivity index (χ0n) is 8.71. The summed E-state index contributed by atoms with van der Waals surface area (Å²) in [7, 11) is 0. The van der Waals surface area contributed by atoms with Crippen molar-refractivity contribution in [3.05, 3.63) is 33.8 Å². The minimum atomic E-state index is -0.573. The fraction of sp³-hybridized carbons (Fsp3) is 0.273. The van der Waals surface area contributed by atoms with E-state index in [0.29, 0.717) is 6.54 Å². The highest BCUT2D eigenvalue weighted by Gasteiger charge is 2.26. The molecule has 0 spiro atoms. The van der Waals surface area contributed by atoms with Crippen LogP contribution in [0.5, 0.6) is 0 Å². The van der Waals surface area contributed by atoms with Gasteiger partial charge in [0.25, 0.3) is 0 Å². The minimum Gasteiger partial charge on any atom is -0.345 e. The Balaban J connectivity index is 2.28. The molecule has 1 fully saturated rings. The second-order valence-corrected chi connectivity index (χ2v) is 4.65. The van der Waals surface area contributed by atoms with Crippen LogP contribution in [0.15, 0.2) is 22.7 Å². The molecule has 0 saturated carbocycles. The Bertz CT molecular complexity index is 459. The van der Waals surface area contributed by atoms with Gasteiger partial charge < -0.3 is 10.6 Å². The van der Waals surface area contributed by atoms with E-state index < -0.39 is 11.8 Å². The number of amides is 2. The van der Waals surface area contributed by atoms with Crippen molar-refractivity contribution in [3.63, 3.8) is 0 Å². The van der Waals surface area contributed by atoms with Crippen LogP contribution in [0.4, 0.5) is 0 Å². The summed E-state index contributed by atoms with van der Waals surface area (Å²) in [6, 6.07) is 5.73. The summed E-state index contributed by atoms with van der Waals surface area (Å²) in [5.41, 5.74) is 2.10. The van der Waals surface area contributed by atoms with Gasteiger partial charge in [-0.2, -0.15) is 0 Å². The number of hydrogen-bond donors (Lipinski definition) is 2. The third kappa shape index (κ3) is 2.09. The van der Waals surface area contributed by atoms with Crippen molar-refractivity contribution in [2.75, 3.05) is 6.54 Å². The van der Waals surface area contributed by atoms with Gasteiger partial charge in [0.15, 0.2) is 0 Å². The van der Waals surface area contributed by atoms with E-state index in [1.54, 1.807) is 0 Å². The topological polar surface area (TPSA) is 58.2 Å².